The van der Waals surface area contributed by atoms with Gasteiger partial charge in [-0.1, -0.05) is 0 Å². The van der Waals surface area contributed by atoms with E-state index in [2.05, 4.69) is 4.74 Å². The molecule has 0 saturated carbocycles. The highest BCUT2D eigenvalue weighted by atomic mass is 35.7. The van der Waals surface area contributed by atoms with Crippen LogP contribution in [0.2, 0.25) is 0 Å². The van der Waals surface area contributed by atoms with Gasteiger partial charge in [-0.25, -0.2) is 8.42 Å². The highest BCUT2D eigenvalue weighted by molar-refractivity contribution is 8.13. The summed E-state index contributed by atoms with van der Waals surface area (Å²) >= 11 is 0. The van der Waals surface area contributed by atoms with Crippen molar-refractivity contribution in [1.82, 2.24) is 0 Å². The summed E-state index contributed by atoms with van der Waals surface area (Å²) in [5.41, 5.74) is 0. The topological polar surface area (TPSA) is 69.7 Å². The molecule has 0 bridgehead atoms. The molecular weight excluding hydrogens is 268 g/mol. The van der Waals surface area contributed by atoms with Gasteiger partial charge in [0.05, 0.1) is 25.0 Å². The first-order valence-corrected chi connectivity index (χ1v) is 6.99. The zero-order valence-corrected chi connectivity index (χ0v) is 10.6. The summed E-state index contributed by atoms with van der Waals surface area (Å²) in [5, 5.41) is 0. The Hall–Kier alpha value is -1.27. The van der Waals surface area contributed by atoms with E-state index < -0.39 is 9.05 Å². The highest BCUT2D eigenvalue weighted by Gasteiger charge is 2.09. The number of hydrogen-bond donors (Lipinski definition) is 0. The maximum Gasteiger partial charge on any atom is 0.308 e. The summed E-state index contributed by atoms with van der Waals surface area (Å²) in [6.45, 7) is 0.166. The first-order valence-electron chi connectivity index (χ1n) is 4.68. The van der Waals surface area contributed by atoms with Gasteiger partial charge < -0.3 is 9.47 Å². The molecular formula is C10H11ClO5S. The molecule has 0 saturated heterocycles. The number of ether oxygens (including phenoxy) is 2. The van der Waals surface area contributed by atoms with Crippen LogP contribution < -0.4 is 4.74 Å². The lowest BCUT2D eigenvalue weighted by molar-refractivity contribution is -0.141. The monoisotopic (exact) mass is 278 g/mol. The van der Waals surface area contributed by atoms with E-state index in [1.807, 2.05) is 0 Å². The molecule has 0 unspecified atom stereocenters. The summed E-state index contributed by atoms with van der Waals surface area (Å²) in [5.74, 6) is 0.0860. The van der Waals surface area contributed by atoms with Gasteiger partial charge in [0.25, 0.3) is 9.05 Å². The molecule has 17 heavy (non-hydrogen) atoms. The molecule has 0 aliphatic heterocycles. The number of carbonyl (C=O) groups is 1. The lowest BCUT2D eigenvalue weighted by Gasteiger charge is -2.05. The minimum absolute atomic E-state index is 0.000477. The third kappa shape index (κ3) is 4.62. The van der Waals surface area contributed by atoms with Crippen LogP contribution >= 0.6 is 10.7 Å². The lowest BCUT2D eigenvalue weighted by atomic mass is 10.3. The van der Waals surface area contributed by atoms with Gasteiger partial charge in [-0.2, -0.15) is 0 Å². The number of rotatable bonds is 5. The summed E-state index contributed by atoms with van der Waals surface area (Å²) in [4.78, 5) is 10.8. The van der Waals surface area contributed by atoms with Crippen LogP contribution in [0.25, 0.3) is 0 Å². The van der Waals surface area contributed by atoms with Crippen LogP contribution in [0, 0.1) is 0 Å². The van der Waals surface area contributed by atoms with E-state index in [0.717, 1.165) is 0 Å². The van der Waals surface area contributed by atoms with E-state index in [0.29, 0.717) is 5.75 Å². The van der Waals surface area contributed by atoms with Crippen LogP contribution in [0.1, 0.15) is 6.42 Å². The van der Waals surface area contributed by atoms with Crippen molar-refractivity contribution < 1.29 is 22.7 Å². The van der Waals surface area contributed by atoms with Crippen LogP contribution in [0.3, 0.4) is 0 Å². The van der Waals surface area contributed by atoms with Crippen LogP contribution in [0.15, 0.2) is 29.2 Å². The largest absolute Gasteiger partial charge is 0.493 e. The van der Waals surface area contributed by atoms with Crippen molar-refractivity contribution in [3.8, 4) is 5.75 Å². The fraction of sp³-hybridized carbons (Fsp3) is 0.300. The summed E-state index contributed by atoms with van der Waals surface area (Å²) in [6, 6.07) is 5.59. The normalized spacial score (nSPS) is 10.9. The van der Waals surface area contributed by atoms with Crippen LogP contribution in [-0.2, 0) is 18.6 Å². The van der Waals surface area contributed by atoms with E-state index in [-0.39, 0.29) is 23.9 Å². The van der Waals surface area contributed by atoms with E-state index in [1.165, 1.54) is 31.4 Å². The Morgan fingerprint density at radius 1 is 1.29 bits per heavy atom. The fourth-order valence-electron chi connectivity index (χ4n) is 1.05. The average Bonchev–Trinajstić information content (AvgIpc) is 2.28. The van der Waals surface area contributed by atoms with E-state index in [9.17, 15) is 13.2 Å². The number of esters is 1. The quantitative estimate of drug-likeness (QED) is 0.604. The van der Waals surface area contributed by atoms with Crippen molar-refractivity contribution in [1.29, 1.82) is 0 Å². The molecule has 1 rings (SSSR count). The Kier molecular flexibility index (Phi) is 4.77. The Morgan fingerprint density at radius 2 is 1.88 bits per heavy atom. The Bertz CT molecular complexity index is 480. The molecule has 0 spiro atoms. The third-order valence-electron chi connectivity index (χ3n) is 1.91. The molecule has 94 valence electrons. The Morgan fingerprint density at radius 3 is 2.35 bits per heavy atom. The molecule has 5 nitrogen and oxygen atoms in total. The van der Waals surface area contributed by atoms with Crippen molar-refractivity contribution in [2.24, 2.45) is 0 Å². The van der Waals surface area contributed by atoms with Gasteiger partial charge in [-0.15, -0.1) is 0 Å². The summed E-state index contributed by atoms with van der Waals surface area (Å²) in [7, 11) is 2.72. The van der Waals surface area contributed by atoms with E-state index >= 15 is 0 Å². The number of carbonyl (C=O) groups excluding carboxylic acids is 1. The first kappa shape index (κ1) is 13.8. The van der Waals surface area contributed by atoms with Crippen molar-refractivity contribution in [3.63, 3.8) is 0 Å². The lowest BCUT2D eigenvalue weighted by Crippen LogP contribution is -2.07. The summed E-state index contributed by atoms with van der Waals surface area (Å²) < 4.78 is 31.5. The van der Waals surface area contributed by atoms with Crippen molar-refractivity contribution in [2.45, 2.75) is 11.3 Å². The average molecular weight is 279 g/mol. The number of halogens is 1. The molecule has 0 aromatic heterocycles. The van der Waals surface area contributed by atoms with Gasteiger partial charge in [-0.3, -0.25) is 4.79 Å². The second kappa shape index (κ2) is 5.88. The van der Waals surface area contributed by atoms with E-state index in [1.54, 1.807) is 0 Å². The van der Waals surface area contributed by atoms with Gasteiger partial charge in [0.15, 0.2) is 0 Å². The standard InChI is InChI=1S/C10H11ClO5S/c1-15-10(12)6-7-16-8-2-4-9(5-3-8)17(11,13)14/h2-5H,6-7H2,1H3. The van der Waals surface area contributed by atoms with Gasteiger partial charge in [0.2, 0.25) is 0 Å². The maximum atomic E-state index is 10.9. The van der Waals surface area contributed by atoms with Gasteiger partial charge in [0, 0.05) is 10.7 Å². The molecule has 0 radical (unpaired) electrons. The predicted molar refractivity (Wildman–Crippen MR) is 61.6 cm³/mol. The third-order valence-corrected chi connectivity index (χ3v) is 3.28. The smallest absolute Gasteiger partial charge is 0.308 e. The van der Waals surface area contributed by atoms with Crippen LogP contribution in [0.4, 0.5) is 0 Å². The molecule has 0 atom stereocenters. The zero-order valence-electron chi connectivity index (χ0n) is 9.05. The van der Waals surface area contributed by atoms with Gasteiger partial charge in [-0.05, 0) is 24.3 Å². The molecule has 1 aromatic rings. The molecule has 0 aliphatic rings. The van der Waals surface area contributed by atoms with Gasteiger partial charge in [0.1, 0.15) is 5.75 Å². The van der Waals surface area contributed by atoms with Crippen molar-refractivity contribution >= 4 is 25.7 Å². The second-order valence-electron chi connectivity index (χ2n) is 3.08. The molecule has 0 amide bonds. The van der Waals surface area contributed by atoms with Gasteiger partial charge >= 0.3 is 5.97 Å². The highest BCUT2D eigenvalue weighted by Crippen LogP contribution is 2.19. The molecule has 0 heterocycles. The number of methoxy groups -OCH3 is 1. The minimum atomic E-state index is -3.71. The SMILES string of the molecule is COC(=O)CCOc1ccc(S(=O)(=O)Cl)cc1. The molecule has 1 aromatic carbocycles. The molecule has 0 aliphatic carbocycles. The number of hydrogen-bond acceptors (Lipinski definition) is 5. The fourth-order valence-corrected chi connectivity index (χ4v) is 1.82. The van der Waals surface area contributed by atoms with Crippen LogP contribution in [0.5, 0.6) is 5.75 Å². The van der Waals surface area contributed by atoms with E-state index in [4.69, 9.17) is 15.4 Å². The second-order valence-corrected chi connectivity index (χ2v) is 5.65. The number of benzene rings is 1. The van der Waals surface area contributed by atoms with Crippen molar-refractivity contribution in [3.05, 3.63) is 24.3 Å². The zero-order chi connectivity index (χ0) is 12.9. The predicted octanol–water partition coefficient (Wildman–Crippen LogP) is 1.56. The van der Waals surface area contributed by atoms with Crippen molar-refractivity contribution in [2.75, 3.05) is 13.7 Å². The first-order chi connectivity index (χ1) is 7.93. The minimum Gasteiger partial charge on any atom is -0.493 e. The maximum absolute atomic E-state index is 10.9. The Balaban J connectivity index is 2.55. The van der Waals surface area contributed by atoms with Crippen LogP contribution in [-0.4, -0.2) is 28.1 Å². The molecule has 0 N–H and O–H groups in total. The summed E-state index contributed by atoms with van der Waals surface area (Å²) in [6.07, 6.45) is 0.131. The molecule has 0 fully saturated rings. The Labute approximate surface area is 104 Å². The molecule has 7 heteroatoms.